The van der Waals surface area contributed by atoms with Gasteiger partial charge in [0.05, 0.1) is 0 Å². The molecule has 4 aliphatic rings. The summed E-state index contributed by atoms with van der Waals surface area (Å²) in [4.78, 5) is 101. The van der Waals surface area contributed by atoms with E-state index in [-0.39, 0.29) is 25.4 Å². The van der Waals surface area contributed by atoms with Gasteiger partial charge in [-0.3, -0.25) is 24.0 Å². The monoisotopic (exact) mass is 777 g/mol. The van der Waals surface area contributed by atoms with Crippen LogP contribution in [0, 0.1) is 5.92 Å². The molecule has 7 atom stereocenters. The fourth-order valence-electron chi connectivity index (χ4n) is 7.91. The first-order valence-corrected chi connectivity index (χ1v) is 19.3. The Morgan fingerprint density at radius 2 is 1.53 bits per heavy atom. The Balaban J connectivity index is 1.29. The molecule has 2 aromatic carbocycles. The number of nitrogens with one attached hydrogen (secondary N) is 4. The van der Waals surface area contributed by atoms with Crippen molar-refractivity contribution in [3.05, 3.63) is 65.2 Å². The first kappa shape index (κ1) is 39.5. The quantitative estimate of drug-likeness (QED) is 0.322. The lowest BCUT2D eigenvalue weighted by Gasteiger charge is -2.39. The number of nitrogens with zero attached hydrogens (tertiary/aromatic N) is 3. The number of rotatable bonds is 6. The van der Waals surface area contributed by atoms with Crippen LogP contribution in [0.4, 0.5) is 10.5 Å². The maximum Gasteiger partial charge on any atom is 0.328 e. The molecule has 0 unspecified atom stereocenters. The van der Waals surface area contributed by atoms with E-state index in [9.17, 15) is 33.6 Å². The minimum absolute atomic E-state index is 0.0516. The molecule has 2 aromatic rings. The van der Waals surface area contributed by atoms with Gasteiger partial charge in [0, 0.05) is 36.8 Å². The van der Waals surface area contributed by atoms with Crippen molar-refractivity contribution in [2.24, 2.45) is 5.92 Å². The average molecular weight is 778 g/mol. The van der Waals surface area contributed by atoms with Crippen LogP contribution in [0.3, 0.4) is 0 Å². The van der Waals surface area contributed by atoms with Crippen molar-refractivity contribution in [2.75, 3.05) is 31.6 Å². The largest absolute Gasteiger partial charge is 0.461 e. The molecule has 0 bridgehead atoms. The zero-order chi connectivity index (χ0) is 39.2. The van der Waals surface area contributed by atoms with E-state index in [4.69, 9.17) is 16.3 Å². The molecule has 0 spiro atoms. The number of piperidine rings is 1. The van der Waals surface area contributed by atoms with E-state index in [2.05, 4.69) is 21.3 Å². The number of ether oxygens (including phenoxy) is 1. The minimum Gasteiger partial charge on any atom is -0.461 e. The SMILES string of the molecule is C[C@H]1C[C@H]2C(=O)OC[C@H](NC(=O)[C@H](Cc3ccccc3)NC(=O)Nc3ccc(Cl)cc3)C(=O)N3CCC[C@H]3C(=O)N3CCCC[C@H]3C(=O)N[C@@H](C)C(=O)N2C1. The van der Waals surface area contributed by atoms with Crippen molar-refractivity contribution in [3.8, 4) is 0 Å². The molecular formula is C39H48ClN7O8. The molecule has 0 radical (unpaired) electrons. The minimum atomic E-state index is -1.44. The van der Waals surface area contributed by atoms with E-state index >= 15 is 0 Å². The molecule has 0 aliphatic carbocycles. The van der Waals surface area contributed by atoms with Crippen LogP contribution in [-0.2, 0) is 39.9 Å². The first-order valence-electron chi connectivity index (χ1n) is 19.0. The van der Waals surface area contributed by atoms with E-state index in [1.165, 1.54) is 14.7 Å². The molecule has 0 saturated carbocycles. The van der Waals surface area contributed by atoms with Crippen LogP contribution in [0.25, 0.3) is 0 Å². The molecule has 4 saturated heterocycles. The number of amides is 7. The van der Waals surface area contributed by atoms with Crippen molar-refractivity contribution in [1.29, 1.82) is 0 Å². The summed E-state index contributed by atoms with van der Waals surface area (Å²) in [7, 11) is 0. The van der Waals surface area contributed by atoms with Crippen LogP contribution in [0.1, 0.15) is 57.9 Å². The summed E-state index contributed by atoms with van der Waals surface area (Å²) in [5.41, 5.74) is 1.16. The highest BCUT2D eigenvalue weighted by atomic mass is 35.5. The summed E-state index contributed by atoms with van der Waals surface area (Å²) in [6.07, 6.45) is 2.97. The van der Waals surface area contributed by atoms with E-state index < -0.39 is 84.4 Å². The Kier molecular flexibility index (Phi) is 12.6. The number of esters is 1. The van der Waals surface area contributed by atoms with Gasteiger partial charge in [0.2, 0.25) is 29.5 Å². The molecule has 4 fully saturated rings. The summed E-state index contributed by atoms with van der Waals surface area (Å²) in [6.45, 7) is 3.64. The van der Waals surface area contributed by atoms with E-state index in [1.54, 1.807) is 55.5 Å². The van der Waals surface area contributed by atoms with Crippen LogP contribution >= 0.6 is 11.6 Å². The Bertz CT molecular complexity index is 1780. The first-order chi connectivity index (χ1) is 26.4. The summed E-state index contributed by atoms with van der Waals surface area (Å²) in [5, 5.41) is 11.4. The topological polar surface area (TPSA) is 187 Å². The smallest absolute Gasteiger partial charge is 0.328 e. The average Bonchev–Trinajstić information content (AvgIpc) is 3.83. The number of carbonyl (C=O) groups is 7. The number of halogens is 1. The lowest BCUT2D eigenvalue weighted by Crippen LogP contribution is -2.62. The number of hydrogen-bond acceptors (Lipinski definition) is 8. The number of urea groups is 1. The number of fused-ring (bicyclic) bond motifs is 3. The Morgan fingerprint density at radius 1 is 0.836 bits per heavy atom. The maximum atomic E-state index is 14.5. The van der Waals surface area contributed by atoms with Gasteiger partial charge in [-0.15, -0.1) is 0 Å². The van der Waals surface area contributed by atoms with Gasteiger partial charge in [0.15, 0.2) is 0 Å². The third-order valence-electron chi connectivity index (χ3n) is 10.7. The molecule has 15 nitrogen and oxygen atoms in total. The lowest BCUT2D eigenvalue weighted by molar-refractivity contribution is -0.158. The van der Waals surface area contributed by atoms with E-state index in [0.29, 0.717) is 55.8 Å². The van der Waals surface area contributed by atoms with Crippen molar-refractivity contribution in [3.63, 3.8) is 0 Å². The predicted molar refractivity (Wildman–Crippen MR) is 201 cm³/mol. The molecule has 6 rings (SSSR count). The second-order valence-corrected chi connectivity index (χ2v) is 15.3. The van der Waals surface area contributed by atoms with Crippen LogP contribution in [0.5, 0.6) is 0 Å². The normalized spacial score (nSPS) is 27.0. The number of anilines is 1. The second-order valence-electron chi connectivity index (χ2n) is 14.8. The van der Waals surface area contributed by atoms with Gasteiger partial charge in [-0.2, -0.15) is 0 Å². The molecule has 16 heteroatoms. The molecular weight excluding hydrogens is 730 g/mol. The Hall–Kier alpha value is -5.18. The van der Waals surface area contributed by atoms with Gasteiger partial charge in [0.25, 0.3) is 0 Å². The molecule has 7 amide bonds. The molecule has 0 aromatic heterocycles. The third-order valence-corrected chi connectivity index (χ3v) is 11.0. The van der Waals surface area contributed by atoms with Crippen molar-refractivity contribution >= 4 is 58.8 Å². The molecule has 4 aliphatic heterocycles. The van der Waals surface area contributed by atoms with Gasteiger partial charge in [-0.05, 0) is 81.2 Å². The lowest BCUT2D eigenvalue weighted by atomic mass is 9.99. The van der Waals surface area contributed by atoms with Crippen LogP contribution in [0.15, 0.2) is 54.6 Å². The van der Waals surface area contributed by atoms with Gasteiger partial charge in [-0.1, -0.05) is 48.9 Å². The van der Waals surface area contributed by atoms with Crippen molar-refractivity contribution < 1.29 is 38.3 Å². The summed E-state index contributed by atoms with van der Waals surface area (Å²) < 4.78 is 5.73. The molecule has 4 heterocycles. The second kappa shape index (κ2) is 17.5. The fourth-order valence-corrected chi connectivity index (χ4v) is 8.03. The maximum absolute atomic E-state index is 14.5. The van der Waals surface area contributed by atoms with Crippen molar-refractivity contribution in [2.45, 2.75) is 95.0 Å². The van der Waals surface area contributed by atoms with Crippen molar-refractivity contribution in [1.82, 2.24) is 30.7 Å². The Labute approximate surface area is 324 Å². The third kappa shape index (κ3) is 9.38. The highest BCUT2D eigenvalue weighted by Crippen LogP contribution is 2.28. The summed E-state index contributed by atoms with van der Waals surface area (Å²) >= 11 is 5.99. The van der Waals surface area contributed by atoms with Gasteiger partial charge >= 0.3 is 12.0 Å². The number of carbonyl (C=O) groups excluding carboxylic acids is 7. The van der Waals surface area contributed by atoms with Gasteiger partial charge in [0.1, 0.15) is 42.9 Å². The number of hydrogen-bond donors (Lipinski definition) is 4. The van der Waals surface area contributed by atoms with Gasteiger partial charge < -0.3 is 40.7 Å². The molecule has 294 valence electrons. The zero-order valence-corrected chi connectivity index (χ0v) is 31.8. The highest BCUT2D eigenvalue weighted by Gasteiger charge is 2.46. The summed E-state index contributed by atoms with van der Waals surface area (Å²) in [5.74, 6) is -3.51. The van der Waals surface area contributed by atoms with Gasteiger partial charge in [-0.25, -0.2) is 9.59 Å². The summed E-state index contributed by atoms with van der Waals surface area (Å²) in [6, 6.07) is 8.40. The fraction of sp³-hybridized carbons (Fsp3) is 0.513. The van der Waals surface area contributed by atoms with Crippen LogP contribution in [0.2, 0.25) is 5.02 Å². The van der Waals surface area contributed by atoms with E-state index in [0.717, 1.165) is 5.56 Å². The van der Waals surface area contributed by atoms with Crippen LogP contribution < -0.4 is 21.3 Å². The Morgan fingerprint density at radius 3 is 2.27 bits per heavy atom. The predicted octanol–water partition coefficient (Wildman–Crippen LogP) is 2.23. The standard InChI is InChI=1S/C39H48ClN7O8/c1-23-19-32-38(53)55-22-29(43-33(48)28(20-25-9-4-3-5-10-25)44-39(54)42-27-15-13-26(40)14-16-27)36(51)46-18-8-12-31(46)37(52)45-17-7-6-11-30(45)34(49)41-24(2)35(50)47(32)21-23/h3-5,9-10,13-16,23-24,28-32H,6-8,11-12,17-22H2,1-2H3,(H,41,49)(H,43,48)(H2,42,44,54)/t23-,24-,28-,29-,30-,31-,32-/m0/s1. The zero-order valence-electron chi connectivity index (χ0n) is 31.0. The van der Waals surface area contributed by atoms with Crippen LogP contribution in [-0.4, -0.2) is 119 Å². The van der Waals surface area contributed by atoms with E-state index in [1.807, 2.05) is 13.0 Å². The highest BCUT2D eigenvalue weighted by molar-refractivity contribution is 6.30. The number of cyclic esters (lactones) is 1. The molecule has 55 heavy (non-hydrogen) atoms. The number of benzene rings is 2. The molecule has 4 N–H and O–H groups in total.